The third-order valence-corrected chi connectivity index (χ3v) is 2.68. The summed E-state index contributed by atoms with van der Waals surface area (Å²) in [7, 11) is -3.82. The summed E-state index contributed by atoms with van der Waals surface area (Å²) in [6, 6.07) is 0. The molecule has 0 heterocycles. The van der Waals surface area contributed by atoms with Crippen LogP contribution < -0.4 is 0 Å². The summed E-state index contributed by atoms with van der Waals surface area (Å²) in [5, 5.41) is 8.45. The number of hydrogen-bond donors (Lipinski definition) is 1. The third-order valence-electron chi connectivity index (χ3n) is 1.45. The van der Waals surface area contributed by atoms with E-state index in [4.69, 9.17) is 5.11 Å². The van der Waals surface area contributed by atoms with E-state index in [9.17, 15) is 13.2 Å². The van der Waals surface area contributed by atoms with E-state index >= 15 is 0 Å². The molecule has 0 aliphatic carbocycles. The molecule has 90 valence electrons. The number of hydrogen-bond acceptors (Lipinski definition) is 5. The fourth-order valence-corrected chi connectivity index (χ4v) is 1.80. The van der Waals surface area contributed by atoms with Crippen LogP contribution in [0.15, 0.2) is 0 Å². The second kappa shape index (κ2) is 5.46. The molecule has 1 N–H and O–H groups in total. The Morgan fingerprint density at radius 1 is 1.33 bits per heavy atom. The fourth-order valence-electron chi connectivity index (χ4n) is 0.887. The van der Waals surface area contributed by atoms with E-state index < -0.39 is 16.1 Å². The van der Waals surface area contributed by atoms with Gasteiger partial charge >= 0.3 is 16.1 Å². The molecule has 6 heteroatoms. The average Bonchev–Trinajstić information content (AvgIpc) is 1.95. The molecule has 0 amide bonds. The number of aliphatic hydroxyl groups is 1. The lowest BCUT2D eigenvalue weighted by molar-refractivity contribution is -0.135. The molecular formula is C9H18O5S. The Bertz CT molecular complexity index is 299. The van der Waals surface area contributed by atoms with E-state index in [-0.39, 0.29) is 30.6 Å². The Labute approximate surface area is 90.6 Å². The SMILES string of the molecule is CC(C)(C)CC(=O)OS(=O)(=O)CCCO. The Hall–Kier alpha value is -0.620. The topological polar surface area (TPSA) is 80.7 Å². The van der Waals surface area contributed by atoms with Crippen molar-refractivity contribution in [3.8, 4) is 0 Å². The molecule has 0 aromatic carbocycles. The van der Waals surface area contributed by atoms with Gasteiger partial charge < -0.3 is 9.29 Å². The molecule has 0 atom stereocenters. The third kappa shape index (κ3) is 8.38. The van der Waals surface area contributed by atoms with Gasteiger partial charge in [0.05, 0.1) is 12.2 Å². The Morgan fingerprint density at radius 3 is 2.27 bits per heavy atom. The normalized spacial score (nSPS) is 12.5. The van der Waals surface area contributed by atoms with Gasteiger partial charge in [0.2, 0.25) is 0 Å². The van der Waals surface area contributed by atoms with Crippen LogP contribution in [0.3, 0.4) is 0 Å². The summed E-state index contributed by atoms with van der Waals surface area (Å²) in [4.78, 5) is 11.2. The highest BCUT2D eigenvalue weighted by molar-refractivity contribution is 7.87. The number of carbonyl (C=O) groups is 1. The van der Waals surface area contributed by atoms with Crippen LogP contribution in [0, 0.1) is 5.41 Å². The van der Waals surface area contributed by atoms with Gasteiger partial charge in [0.25, 0.3) is 0 Å². The maximum absolute atomic E-state index is 11.2. The van der Waals surface area contributed by atoms with Crippen molar-refractivity contribution in [2.45, 2.75) is 33.6 Å². The van der Waals surface area contributed by atoms with Crippen molar-refractivity contribution in [1.29, 1.82) is 0 Å². The lowest BCUT2D eigenvalue weighted by Gasteiger charge is -2.16. The summed E-state index contributed by atoms with van der Waals surface area (Å²) >= 11 is 0. The van der Waals surface area contributed by atoms with Gasteiger partial charge in [-0.05, 0) is 11.8 Å². The van der Waals surface area contributed by atoms with Gasteiger partial charge in [-0.15, -0.1) is 0 Å². The molecule has 0 spiro atoms. The first kappa shape index (κ1) is 14.4. The van der Waals surface area contributed by atoms with E-state index in [2.05, 4.69) is 4.18 Å². The first-order valence-electron chi connectivity index (χ1n) is 4.72. The van der Waals surface area contributed by atoms with Crippen LogP contribution in [-0.2, 0) is 19.1 Å². The molecule has 0 saturated carbocycles. The maximum atomic E-state index is 11.2. The van der Waals surface area contributed by atoms with E-state index in [0.29, 0.717) is 0 Å². The van der Waals surface area contributed by atoms with Crippen LogP contribution in [0.4, 0.5) is 0 Å². The lowest BCUT2D eigenvalue weighted by atomic mass is 9.93. The highest BCUT2D eigenvalue weighted by Crippen LogP contribution is 2.19. The molecule has 0 aromatic heterocycles. The molecule has 0 saturated heterocycles. The number of carbonyl (C=O) groups excluding carboxylic acids is 1. The fraction of sp³-hybridized carbons (Fsp3) is 0.889. The molecule has 0 bridgehead atoms. The summed E-state index contributed by atoms with van der Waals surface area (Å²) in [5.41, 5.74) is -0.302. The van der Waals surface area contributed by atoms with E-state index in [1.54, 1.807) is 0 Å². The summed E-state index contributed by atoms with van der Waals surface area (Å²) < 4.78 is 26.6. The Morgan fingerprint density at radius 2 is 1.87 bits per heavy atom. The average molecular weight is 238 g/mol. The molecule has 0 unspecified atom stereocenters. The standard InChI is InChI=1S/C9H18O5S/c1-9(2,3)7-8(11)14-15(12,13)6-4-5-10/h10H,4-7H2,1-3H3. The minimum atomic E-state index is -3.82. The van der Waals surface area contributed by atoms with Crippen LogP contribution in [-0.4, -0.2) is 31.9 Å². The second-order valence-corrected chi connectivity index (χ2v) is 6.22. The van der Waals surface area contributed by atoms with Crippen LogP contribution in [0.2, 0.25) is 0 Å². The van der Waals surface area contributed by atoms with Crippen molar-refractivity contribution in [3.05, 3.63) is 0 Å². The first-order chi connectivity index (χ1) is 6.66. The minimum Gasteiger partial charge on any atom is -0.396 e. The predicted molar refractivity (Wildman–Crippen MR) is 55.7 cm³/mol. The Kier molecular flexibility index (Phi) is 5.23. The summed E-state index contributed by atoms with van der Waals surface area (Å²) in [5.74, 6) is -1.08. The molecule has 0 radical (unpaired) electrons. The number of aliphatic hydroxyl groups excluding tert-OH is 1. The quantitative estimate of drug-likeness (QED) is 0.712. The predicted octanol–water partition coefficient (Wildman–Crippen LogP) is 0.678. The monoisotopic (exact) mass is 238 g/mol. The van der Waals surface area contributed by atoms with Gasteiger partial charge in [-0.3, -0.25) is 4.79 Å². The van der Waals surface area contributed by atoms with E-state index in [1.807, 2.05) is 20.8 Å². The van der Waals surface area contributed by atoms with Crippen molar-refractivity contribution in [3.63, 3.8) is 0 Å². The maximum Gasteiger partial charge on any atom is 0.322 e. The summed E-state index contributed by atoms with van der Waals surface area (Å²) in [6.45, 7) is 5.20. The number of rotatable bonds is 5. The first-order valence-corrected chi connectivity index (χ1v) is 6.30. The van der Waals surface area contributed by atoms with Crippen LogP contribution in [0.5, 0.6) is 0 Å². The molecule has 0 aliphatic heterocycles. The van der Waals surface area contributed by atoms with Crippen molar-refractivity contribution in [2.24, 2.45) is 5.41 Å². The van der Waals surface area contributed by atoms with Crippen molar-refractivity contribution >= 4 is 16.1 Å². The van der Waals surface area contributed by atoms with Gasteiger partial charge in [-0.2, -0.15) is 8.42 Å². The van der Waals surface area contributed by atoms with Crippen molar-refractivity contribution in [1.82, 2.24) is 0 Å². The van der Waals surface area contributed by atoms with Gasteiger partial charge in [-0.25, -0.2) is 0 Å². The lowest BCUT2D eigenvalue weighted by Crippen LogP contribution is -2.21. The minimum absolute atomic E-state index is 0.0470. The molecule has 0 fully saturated rings. The molecule has 15 heavy (non-hydrogen) atoms. The molecular weight excluding hydrogens is 220 g/mol. The van der Waals surface area contributed by atoms with Gasteiger partial charge in [0.15, 0.2) is 0 Å². The zero-order valence-corrected chi connectivity index (χ0v) is 10.1. The van der Waals surface area contributed by atoms with Crippen LogP contribution in [0.25, 0.3) is 0 Å². The highest BCUT2D eigenvalue weighted by Gasteiger charge is 2.22. The van der Waals surface area contributed by atoms with E-state index in [0.717, 1.165) is 0 Å². The molecule has 5 nitrogen and oxygen atoms in total. The Balaban J connectivity index is 4.17. The van der Waals surface area contributed by atoms with Crippen LogP contribution in [0.1, 0.15) is 33.6 Å². The zero-order chi connectivity index (χ0) is 12.1. The van der Waals surface area contributed by atoms with Crippen molar-refractivity contribution in [2.75, 3.05) is 12.4 Å². The van der Waals surface area contributed by atoms with Gasteiger partial charge in [0.1, 0.15) is 0 Å². The summed E-state index contributed by atoms with van der Waals surface area (Å²) in [6.07, 6.45) is 0.122. The van der Waals surface area contributed by atoms with Gasteiger partial charge in [0, 0.05) is 6.61 Å². The molecule has 0 rings (SSSR count). The van der Waals surface area contributed by atoms with Crippen molar-refractivity contribution < 1.29 is 22.5 Å². The second-order valence-electron chi connectivity index (χ2n) is 4.53. The van der Waals surface area contributed by atoms with Crippen LogP contribution >= 0.6 is 0 Å². The van der Waals surface area contributed by atoms with E-state index in [1.165, 1.54) is 0 Å². The molecule has 0 aliphatic rings. The zero-order valence-electron chi connectivity index (χ0n) is 9.32. The van der Waals surface area contributed by atoms with Gasteiger partial charge in [-0.1, -0.05) is 20.8 Å². The smallest absolute Gasteiger partial charge is 0.322 e. The largest absolute Gasteiger partial charge is 0.396 e. The highest BCUT2D eigenvalue weighted by atomic mass is 32.2. The molecule has 0 aromatic rings.